The number of nitrogens with zero attached hydrogens (tertiary/aromatic N) is 3. The predicted octanol–water partition coefficient (Wildman–Crippen LogP) is 0.908. The first-order valence-corrected chi connectivity index (χ1v) is 4.99. The Bertz CT molecular complexity index is 360. The lowest BCUT2D eigenvalue weighted by Crippen LogP contribution is -2.08. The molecule has 6 nitrogen and oxygen atoms in total. The molecule has 1 N–H and O–H groups in total. The molecule has 0 spiro atoms. The van der Waals surface area contributed by atoms with Crippen LogP contribution in [-0.2, 0) is 19.4 Å². The lowest BCUT2D eigenvalue weighted by Gasteiger charge is -2.01. The third-order valence-corrected chi connectivity index (χ3v) is 2.26. The quantitative estimate of drug-likeness (QED) is 0.582. The molecular weight excluding hydrogens is 198 g/mol. The van der Waals surface area contributed by atoms with Crippen LogP contribution in [0.3, 0.4) is 0 Å². The lowest BCUT2D eigenvalue weighted by molar-refractivity contribution is -0.386. The zero-order chi connectivity index (χ0) is 11.4. The highest BCUT2D eigenvalue weighted by Crippen LogP contribution is 2.24. The summed E-state index contributed by atoms with van der Waals surface area (Å²) in [6.45, 7) is 3.92. The average molecular weight is 213 g/mol. The largest absolute Gasteiger partial charge is 0.394 e. The second-order valence-electron chi connectivity index (χ2n) is 3.15. The number of aliphatic hydroxyl groups is 1. The van der Waals surface area contributed by atoms with Crippen molar-refractivity contribution in [2.75, 3.05) is 6.61 Å². The topological polar surface area (TPSA) is 81.2 Å². The number of aliphatic hydroxyl groups excluding tert-OH is 1. The SMILES string of the molecule is CCc1nn(CCO)c(CC)c1[N+](=O)[O-]. The van der Waals surface area contributed by atoms with Crippen molar-refractivity contribution in [1.82, 2.24) is 9.78 Å². The number of aryl methyl sites for hydroxylation is 1. The zero-order valence-electron chi connectivity index (χ0n) is 8.93. The van der Waals surface area contributed by atoms with Crippen molar-refractivity contribution in [2.24, 2.45) is 0 Å². The minimum Gasteiger partial charge on any atom is -0.394 e. The Balaban J connectivity index is 3.25. The van der Waals surface area contributed by atoms with Gasteiger partial charge in [0.15, 0.2) is 0 Å². The Morgan fingerprint density at radius 1 is 1.47 bits per heavy atom. The Morgan fingerprint density at radius 3 is 2.53 bits per heavy atom. The summed E-state index contributed by atoms with van der Waals surface area (Å²) in [6, 6.07) is 0. The van der Waals surface area contributed by atoms with Crippen LogP contribution in [0.1, 0.15) is 25.2 Å². The van der Waals surface area contributed by atoms with Gasteiger partial charge in [0, 0.05) is 0 Å². The van der Waals surface area contributed by atoms with Crippen LogP contribution in [0.2, 0.25) is 0 Å². The summed E-state index contributed by atoms with van der Waals surface area (Å²) < 4.78 is 1.52. The molecule has 1 rings (SSSR count). The molecule has 0 saturated carbocycles. The highest BCUT2D eigenvalue weighted by Gasteiger charge is 2.24. The van der Waals surface area contributed by atoms with Gasteiger partial charge < -0.3 is 5.11 Å². The number of rotatable bonds is 5. The predicted molar refractivity (Wildman–Crippen MR) is 54.7 cm³/mol. The molecule has 0 bridgehead atoms. The van der Waals surface area contributed by atoms with Gasteiger partial charge >= 0.3 is 5.69 Å². The van der Waals surface area contributed by atoms with Crippen LogP contribution in [0.5, 0.6) is 0 Å². The Kier molecular flexibility index (Phi) is 3.79. The normalized spacial score (nSPS) is 10.6. The van der Waals surface area contributed by atoms with E-state index < -0.39 is 4.92 Å². The molecule has 0 amide bonds. The molecule has 0 aliphatic rings. The van der Waals surface area contributed by atoms with Crippen molar-refractivity contribution in [3.63, 3.8) is 0 Å². The second kappa shape index (κ2) is 4.88. The molecule has 6 heteroatoms. The summed E-state index contributed by atoms with van der Waals surface area (Å²) in [4.78, 5) is 10.5. The van der Waals surface area contributed by atoms with Gasteiger partial charge in [0.2, 0.25) is 0 Å². The van der Waals surface area contributed by atoms with Crippen LogP contribution >= 0.6 is 0 Å². The highest BCUT2D eigenvalue weighted by molar-refractivity contribution is 5.41. The smallest absolute Gasteiger partial charge is 0.313 e. The summed E-state index contributed by atoms with van der Waals surface area (Å²) in [5, 5.41) is 23.8. The summed E-state index contributed by atoms with van der Waals surface area (Å²) >= 11 is 0. The molecule has 1 aromatic heterocycles. The minimum atomic E-state index is -0.390. The van der Waals surface area contributed by atoms with Crippen LogP contribution in [0.15, 0.2) is 0 Å². The molecule has 0 aliphatic heterocycles. The van der Waals surface area contributed by atoms with E-state index in [-0.39, 0.29) is 12.3 Å². The zero-order valence-corrected chi connectivity index (χ0v) is 8.93. The van der Waals surface area contributed by atoms with Crippen LogP contribution in [0.25, 0.3) is 0 Å². The number of hydrogen-bond donors (Lipinski definition) is 1. The summed E-state index contributed by atoms with van der Waals surface area (Å²) in [5.41, 5.74) is 1.18. The van der Waals surface area contributed by atoms with Crippen molar-refractivity contribution < 1.29 is 10.0 Å². The van der Waals surface area contributed by atoms with E-state index in [1.807, 2.05) is 13.8 Å². The Morgan fingerprint density at radius 2 is 2.13 bits per heavy atom. The molecular formula is C9H15N3O3. The third kappa shape index (κ3) is 2.15. The van der Waals surface area contributed by atoms with E-state index in [1.165, 1.54) is 4.68 Å². The Labute approximate surface area is 87.7 Å². The van der Waals surface area contributed by atoms with E-state index in [1.54, 1.807) is 0 Å². The third-order valence-electron chi connectivity index (χ3n) is 2.26. The van der Waals surface area contributed by atoms with Crippen LogP contribution in [-0.4, -0.2) is 26.4 Å². The fourth-order valence-electron chi connectivity index (χ4n) is 1.62. The van der Waals surface area contributed by atoms with E-state index >= 15 is 0 Å². The number of hydrogen-bond acceptors (Lipinski definition) is 4. The van der Waals surface area contributed by atoms with Crippen LogP contribution < -0.4 is 0 Å². The maximum absolute atomic E-state index is 10.9. The van der Waals surface area contributed by atoms with Crippen molar-refractivity contribution in [1.29, 1.82) is 0 Å². The molecule has 0 fully saturated rings. The maximum Gasteiger partial charge on any atom is 0.313 e. The van der Waals surface area contributed by atoms with E-state index in [4.69, 9.17) is 5.11 Å². The molecule has 0 radical (unpaired) electrons. The van der Waals surface area contributed by atoms with Gasteiger partial charge in [-0.15, -0.1) is 0 Å². The molecule has 15 heavy (non-hydrogen) atoms. The monoisotopic (exact) mass is 213 g/mol. The fourth-order valence-corrected chi connectivity index (χ4v) is 1.62. The number of nitro groups is 1. The second-order valence-corrected chi connectivity index (χ2v) is 3.15. The van der Waals surface area contributed by atoms with Crippen LogP contribution in [0, 0.1) is 10.1 Å². The summed E-state index contributed by atoms with van der Waals surface area (Å²) in [6.07, 6.45) is 1.07. The number of aromatic nitrogens is 2. The molecule has 0 atom stereocenters. The average Bonchev–Trinajstić information content (AvgIpc) is 2.56. The van der Waals surface area contributed by atoms with Crippen LogP contribution in [0.4, 0.5) is 5.69 Å². The van der Waals surface area contributed by atoms with Gasteiger partial charge in [0.25, 0.3) is 0 Å². The molecule has 1 aromatic rings. The van der Waals surface area contributed by atoms with E-state index in [0.717, 1.165) is 0 Å². The molecule has 1 heterocycles. The molecule has 0 aromatic carbocycles. The van der Waals surface area contributed by atoms with Gasteiger partial charge in [-0.1, -0.05) is 13.8 Å². The summed E-state index contributed by atoms with van der Waals surface area (Å²) in [7, 11) is 0. The van der Waals surface area contributed by atoms with Crippen molar-refractivity contribution in [2.45, 2.75) is 33.2 Å². The van der Waals surface area contributed by atoms with Gasteiger partial charge in [-0.3, -0.25) is 14.8 Å². The van der Waals surface area contributed by atoms with Crippen molar-refractivity contribution in [3.8, 4) is 0 Å². The lowest BCUT2D eigenvalue weighted by atomic mass is 10.2. The molecule has 0 unspecified atom stereocenters. The minimum absolute atomic E-state index is 0.0605. The van der Waals surface area contributed by atoms with E-state index in [0.29, 0.717) is 30.8 Å². The standard InChI is InChI=1S/C9H15N3O3/c1-3-7-9(12(14)15)8(4-2)11(10-7)5-6-13/h13H,3-6H2,1-2H3. The van der Waals surface area contributed by atoms with Gasteiger partial charge in [-0.25, -0.2) is 0 Å². The fraction of sp³-hybridized carbons (Fsp3) is 0.667. The van der Waals surface area contributed by atoms with Gasteiger partial charge in [0.05, 0.1) is 18.1 Å². The van der Waals surface area contributed by atoms with Crippen molar-refractivity contribution >= 4 is 5.69 Å². The highest BCUT2D eigenvalue weighted by atomic mass is 16.6. The first-order valence-electron chi connectivity index (χ1n) is 4.99. The van der Waals surface area contributed by atoms with Gasteiger partial charge in [0.1, 0.15) is 11.4 Å². The van der Waals surface area contributed by atoms with E-state index in [2.05, 4.69) is 5.10 Å². The Hall–Kier alpha value is -1.43. The molecule has 84 valence electrons. The summed E-state index contributed by atoms with van der Waals surface area (Å²) in [5.74, 6) is 0. The van der Waals surface area contributed by atoms with Gasteiger partial charge in [-0.05, 0) is 12.8 Å². The van der Waals surface area contributed by atoms with Crippen molar-refractivity contribution in [3.05, 3.63) is 21.5 Å². The van der Waals surface area contributed by atoms with Gasteiger partial charge in [-0.2, -0.15) is 5.10 Å². The first-order chi connectivity index (χ1) is 7.15. The molecule has 0 saturated heterocycles. The van der Waals surface area contributed by atoms with E-state index in [9.17, 15) is 10.1 Å². The first kappa shape index (κ1) is 11.6. The molecule has 0 aliphatic carbocycles. The maximum atomic E-state index is 10.9.